The van der Waals surface area contributed by atoms with Gasteiger partial charge in [0.05, 0.1) is 24.8 Å². The smallest absolute Gasteiger partial charge is 0.263 e. The zero-order chi connectivity index (χ0) is 24.2. The summed E-state index contributed by atoms with van der Waals surface area (Å²) in [7, 11) is 3.14. The summed E-state index contributed by atoms with van der Waals surface area (Å²) >= 11 is 6.15. The van der Waals surface area contributed by atoms with Crippen LogP contribution < -0.4 is 19.5 Å². The van der Waals surface area contributed by atoms with Gasteiger partial charge >= 0.3 is 0 Å². The molecule has 0 fully saturated rings. The van der Waals surface area contributed by atoms with E-state index in [-0.39, 0.29) is 11.8 Å². The van der Waals surface area contributed by atoms with Gasteiger partial charge in [0.15, 0.2) is 17.6 Å². The molecule has 1 aliphatic rings. The molecule has 1 N–H and O–H groups in total. The third-order valence-corrected chi connectivity index (χ3v) is 5.94. The van der Waals surface area contributed by atoms with Crippen molar-refractivity contribution < 1.29 is 23.8 Å². The molecule has 1 atom stereocenters. The van der Waals surface area contributed by atoms with Crippen LogP contribution in [0.25, 0.3) is 0 Å². The monoisotopic (exact) mass is 480 g/mol. The third-order valence-electron chi connectivity index (χ3n) is 5.61. The van der Waals surface area contributed by atoms with E-state index in [2.05, 4.69) is 5.32 Å². The predicted octanol–water partition coefficient (Wildman–Crippen LogP) is 4.92. The Hall–Kier alpha value is -3.71. The first kappa shape index (κ1) is 23.4. The van der Waals surface area contributed by atoms with Gasteiger partial charge in [0, 0.05) is 29.9 Å². The van der Waals surface area contributed by atoms with Crippen molar-refractivity contribution in [3.05, 3.63) is 82.4 Å². The molecule has 0 spiro atoms. The molecule has 0 aromatic heterocycles. The van der Waals surface area contributed by atoms with Gasteiger partial charge < -0.3 is 24.4 Å². The Labute approximate surface area is 203 Å². The minimum atomic E-state index is -0.665. The Balaban J connectivity index is 1.61. The second-order valence-electron chi connectivity index (χ2n) is 7.86. The minimum Gasteiger partial charge on any atom is -0.493 e. The number of carbonyl (C=O) groups excluding carboxylic acids is 2. The van der Waals surface area contributed by atoms with E-state index in [1.54, 1.807) is 62.4 Å². The maximum Gasteiger partial charge on any atom is 0.263 e. The number of ether oxygens (including phenoxy) is 3. The molecule has 3 aromatic carbocycles. The van der Waals surface area contributed by atoms with Crippen molar-refractivity contribution in [1.29, 1.82) is 0 Å². The number of hydrogen-bond donors (Lipinski definition) is 1. The summed E-state index contributed by atoms with van der Waals surface area (Å²) in [6.45, 7) is 2.33. The largest absolute Gasteiger partial charge is 0.493 e. The summed E-state index contributed by atoms with van der Waals surface area (Å²) in [5.41, 5.74) is 2.55. The maximum absolute atomic E-state index is 13.1. The molecular weight excluding hydrogens is 456 g/mol. The van der Waals surface area contributed by atoms with Crippen molar-refractivity contribution >= 4 is 29.1 Å². The van der Waals surface area contributed by atoms with Crippen LogP contribution in [0.3, 0.4) is 0 Å². The summed E-state index contributed by atoms with van der Waals surface area (Å²) in [5, 5.41) is 3.24. The summed E-state index contributed by atoms with van der Waals surface area (Å²) < 4.78 is 16.8. The van der Waals surface area contributed by atoms with E-state index in [4.69, 9.17) is 25.8 Å². The van der Waals surface area contributed by atoms with Crippen LogP contribution in [0.4, 0.5) is 5.69 Å². The van der Waals surface area contributed by atoms with Crippen molar-refractivity contribution in [2.45, 2.75) is 26.1 Å². The molecule has 3 aromatic rings. The Kier molecular flexibility index (Phi) is 6.93. The molecule has 0 radical (unpaired) electrons. The molecule has 34 heavy (non-hydrogen) atoms. The molecule has 8 heteroatoms. The Morgan fingerprint density at radius 2 is 1.91 bits per heavy atom. The predicted molar refractivity (Wildman–Crippen MR) is 130 cm³/mol. The van der Waals surface area contributed by atoms with Gasteiger partial charge in [-0.15, -0.1) is 0 Å². The number of rotatable bonds is 6. The number of nitrogens with zero attached hydrogens (tertiary/aromatic N) is 1. The lowest BCUT2D eigenvalue weighted by Gasteiger charge is -2.24. The first-order valence-corrected chi connectivity index (χ1v) is 11.1. The van der Waals surface area contributed by atoms with E-state index in [0.29, 0.717) is 46.6 Å². The molecule has 1 aliphatic heterocycles. The highest BCUT2D eigenvalue weighted by Gasteiger charge is 2.29. The quantitative estimate of drug-likeness (QED) is 0.542. The lowest BCUT2D eigenvalue weighted by Crippen LogP contribution is -2.37. The van der Waals surface area contributed by atoms with E-state index in [1.165, 1.54) is 0 Å². The van der Waals surface area contributed by atoms with Gasteiger partial charge in [-0.3, -0.25) is 9.59 Å². The average molecular weight is 481 g/mol. The molecule has 0 saturated carbocycles. The molecule has 0 aliphatic carbocycles. The third kappa shape index (κ3) is 4.79. The summed E-state index contributed by atoms with van der Waals surface area (Å²) in [6.07, 6.45) is -0.665. The van der Waals surface area contributed by atoms with Gasteiger partial charge in [-0.2, -0.15) is 0 Å². The normalized spacial score (nSPS) is 15.1. The number of nitrogens with one attached hydrogen (secondary N) is 1. The number of anilines is 1. The van der Waals surface area contributed by atoms with Crippen molar-refractivity contribution in [2.75, 3.05) is 19.5 Å². The highest BCUT2D eigenvalue weighted by Crippen LogP contribution is 2.34. The van der Waals surface area contributed by atoms with Crippen LogP contribution in [0.1, 0.15) is 28.4 Å². The van der Waals surface area contributed by atoms with Gasteiger partial charge in [0.25, 0.3) is 11.8 Å². The molecule has 4 rings (SSSR count). The lowest BCUT2D eigenvalue weighted by atomic mass is 10.1. The van der Waals surface area contributed by atoms with E-state index in [1.807, 2.05) is 24.3 Å². The molecule has 1 heterocycles. The van der Waals surface area contributed by atoms with Crippen molar-refractivity contribution in [1.82, 2.24) is 4.90 Å². The van der Waals surface area contributed by atoms with Crippen LogP contribution >= 0.6 is 11.6 Å². The van der Waals surface area contributed by atoms with Crippen LogP contribution in [0, 0.1) is 0 Å². The number of carbonyl (C=O) groups is 2. The van der Waals surface area contributed by atoms with Crippen LogP contribution in [-0.4, -0.2) is 37.0 Å². The summed E-state index contributed by atoms with van der Waals surface area (Å²) in [4.78, 5) is 27.5. The number of hydrogen-bond acceptors (Lipinski definition) is 5. The fourth-order valence-electron chi connectivity index (χ4n) is 3.94. The molecule has 7 nitrogen and oxygen atoms in total. The molecule has 0 saturated heterocycles. The van der Waals surface area contributed by atoms with Gasteiger partial charge in [-0.25, -0.2) is 0 Å². The average Bonchev–Trinajstić information content (AvgIpc) is 2.95. The van der Waals surface area contributed by atoms with Crippen LogP contribution in [-0.2, 0) is 17.9 Å². The highest BCUT2D eigenvalue weighted by atomic mass is 35.5. The second-order valence-corrected chi connectivity index (χ2v) is 8.27. The van der Waals surface area contributed by atoms with Crippen molar-refractivity contribution in [2.24, 2.45) is 0 Å². The number of halogens is 1. The first-order valence-electron chi connectivity index (χ1n) is 10.8. The zero-order valence-electron chi connectivity index (χ0n) is 19.1. The lowest BCUT2D eigenvalue weighted by molar-refractivity contribution is -0.138. The standard InChI is InChI=1S/C26H25ClN2O5/c1-16-26(31)29(14-17-7-6-10-23(32-2)24(17)33-3)15-18-13-19(11-12-22(18)34-16)28-25(30)20-8-4-5-9-21(20)27/h4-13,16H,14-15H2,1-3H3,(H,28,30)/t16-/m1/s1. The fourth-order valence-corrected chi connectivity index (χ4v) is 4.16. The van der Waals surface area contributed by atoms with Gasteiger partial charge in [0.2, 0.25) is 0 Å². The molecule has 0 bridgehead atoms. The Bertz CT molecular complexity index is 1230. The van der Waals surface area contributed by atoms with Gasteiger partial charge in [0.1, 0.15) is 5.75 Å². The highest BCUT2D eigenvalue weighted by molar-refractivity contribution is 6.34. The van der Waals surface area contributed by atoms with Crippen LogP contribution in [0.15, 0.2) is 60.7 Å². The maximum atomic E-state index is 13.1. The van der Waals surface area contributed by atoms with E-state index < -0.39 is 6.10 Å². The Morgan fingerprint density at radius 3 is 2.65 bits per heavy atom. The zero-order valence-corrected chi connectivity index (χ0v) is 19.9. The summed E-state index contributed by atoms with van der Waals surface area (Å²) in [5.74, 6) is 1.30. The summed E-state index contributed by atoms with van der Waals surface area (Å²) in [6, 6.07) is 17.7. The van der Waals surface area contributed by atoms with E-state index in [9.17, 15) is 9.59 Å². The van der Waals surface area contributed by atoms with Gasteiger partial charge in [-0.05, 0) is 43.3 Å². The molecule has 0 unspecified atom stereocenters. The first-order chi connectivity index (χ1) is 16.4. The number of fused-ring (bicyclic) bond motifs is 1. The molecule has 176 valence electrons. The minimum absolute atomic E-state index is 0.150. The SMILES string of the molecule is COc1cccc(CN2Cc3cc(NC(=O)c4ccccc4Cl)ccc3O[C@H](C)C2=O)c1OC. The van der Waals surface area contributed by atoms with Gasteiger partial charge in [-0.1, -0.05) is 35.9 Å². The van der Waals surface area contributed by atoms with E-state index in [0.717, 1.165) is 11.1 Å². The second kappa shape index (κ2) is 10.1. The van der Waals surface area contributed by atoms with Crippen LogP contribution in [0.2, 0.25) is 5.02 Å². The Morgan fingerprint density at radius 1 is 1.12 bits per heavy atom. The fraction of sp³-hybridized carbons (Fsp3) is 0.231. The van der Waals surface area contributed by atoms with Crippen molar-refractivity contribution in [3.63, 3.8) is 0 Å². The number of amides is 2. The molecule has 2 amide bonds. The number of methoxy groups -OCH3 is 2. The van der Waals surface area contributed by atoms with Crippen LogP contribution in [0.5, 0.6) is 17.2 Å². The topological polar surface area (TPSA) is 77.1 Å². The van der Waals surface area contributed by atoms with E-state index >= 15 is 0 Å². The van der Waals surface area contributed by atoms with Crippen molar-refractivity contribution in [3.8, 4) is 17.2 Å². The molecular formula is C26H25ClN2O5. The number of para-hydroxylation sites is 1. The number of benzene rings is 3.